The average Bonchev–Trinajstić information content (AvgIpc) is 2.97. The lowest BCUT2D eigenvalue weighted by atomic mass is 10.1. The summed E-state index contributed by atoms with van der Waals surface area (Å²) in [5.74, 6) is 2.33. The van der Waals surface area contributed by atoms with E-state index in [-0.39, 0.29) is 22.9 Å². The zero-order valence-corrected chi connectivity index (χ0v) is 25.4. The first kappa shape index (κ1) is 30.8. The van der Waals surface area contributed by atoms with E-state index in [0.29, 0.717) is 13.1 Å². The number of carbonyl (C=O) groups is 1. The summed E-state index contributed by atoms with van der Waals surface area (Å²) in [5.41, 5.74) is 5.09. The Bertz CT molecular complexity index is 1310. The fourth-order valence-corrected chi connectivity index (χ4v) is 4.91. The molecule has 8 heteroatoms. The van der Waals surface area contributed by atoms with Crippen molar-refractivity contribution < 1.29 is 14.3 Å². The van der Waals surface area contributed by atoms with Crippen LogP contribution in [-0.4, -0.2) is 30.2 Å². The van der Waals surface area contributed by atoms with Crippen molar-refractivity contribution >= 4 is 51.2 Å². The molecule has 0 saturated carbocycles. The summed E-state index contributed by atoms with van der Waals surface area (Å²) in [6.45, 7) is 2.84. The second-order valence-electron chi connectivity index (χ2n) is 8.95. The van der Waals surface area contributed by atoms with E-state index < -0.39 is 0 Å². The smallest absolute Gasteiger partial charge is 0.221 e. The third-order valence-electron chi connectivity index (χ3n) is 5.96. The lowest BCUT2D eigenvalue weighted by molar-refractivity contribution is -0.114. The minimum atomic E-state index is -0.101. The molecule has 0 atom stereocenters. The molecule has 0 aliphatic heterocycles. The van der Waals surface area contributed by atoms with Crippen LogP contribution in [0.15, 0.2) is 108 Å². The number of amidine groups is 1. The minimum absolute atomic E-state index is 0. The number of amides is 1. The Morgan fingerprint density at radius 2 is 1.27 bits per heavy atom. The standard InChI is InChI=1S/C32H33N3O3S.BrH/c1-24(36)33-28-13-15-29(16-14-28)34-32(39-23-27-7-5-4-6-8-27)35(21-25-9-17-30(37-2)18-10-25)22-26-11-19-31(38-3)20-12-26;/h4-20H,21-23H2,1-3H3,(H,33,36);1H. The van der Waals surface area contributed by atoms with E-state index in [0.717, 1.165) is 44.9 Å². The molecular weight excluding hydrogens is 586 g/mol. The first-order valence-electron chi connectivity index (χ1n) is 12.7. The highest BCUT2D eigenvalue weighted by molar-refractivity contribution is 8.93. The van der Waals surface area contributed by atoms with Crippen LogP contribution in [0.25, 0.3) is 0 Å². The molecule has 0 fully saturated rings. The van der Waals surface area contributed by atoms with Crippen LogP contribution in [0, 0.1) is 0 Å². The van der Waals surface area contributed by atoms with Gasteiger partial charge in [0.05, 0.1) is 19.9 Å². The molecule has 6 nitrogen and oxygen atoms in total. The molecule has 1 N–H and O–H groups in total. The Balaban J connectivity index is 0.00000441. The lowest BCUT2D eigenvalue weighted by Crippen LogP contribution is -2.28. The van der Waals surface area contributed by atoms with Crippen molar-refractivity contribution in [2.24, 2.45) is 4.99 Å². The molecule has 0 heterocycles. The Hall–Kier alpha value is -3.75. The van der Waals surface area contributed by atoms with E-state index in [4.69, 9.17) is 14.5 Å². The molecule has 0 bridgehead atoms. The SMILES string of the molecule is Br.COc1ccc(CN(Cc2ccc(OC)cc2)C(=Nc2ccc(NC(C)=O)cc2)SCc2ccccc2)cc1. The van der Waals surface area contributed by atoms with Crippen LogP contribution in [0.3, 0.4) is 0 Å². The van der Waals surface area contributed by atoms with Crippen molar-refractivity contribution in [3.63, 3.8) is 0 Å². The molecule has 1 amide bonds. The molecule has 4 aromatic carbocycles. The van der Waals surface area contributed by atoms with Crippen molar-refractivity contribution in [2.75, 3.05) is 19.5 Å². The Labute approximate surface area is 251 Å². The average molecular weight is 621 g/mol. The van der Waals surface area contributed by atoms with E-state index in [1.54, 1.807) is 26.0 Å². The number of aliphatic imine (C=N–C) groups is 1. The molecule has 0 aliphatic rings. The Morgan fingerprint density at radius 3 is 1.75 bits per heavy atom. The summed E-state index contributed by atoms with van der Waals surface area (Å²) in [6.07, 6.45) is 0. The summed E-state index contributed by atoms with van der Waals surface area (Å²) in [7, 11) is 3.35. The molecule has 0 unspecified atom stereocenters. The van der Waals surface area contributed by atoms with E-state index in [9.17, 15) is 4.79 Å². The van der Waals surface area contributed by atoms with Crippen LogP contribution in [0.1, 0.15) is 23.6 Å². The van der Waals surface area contributed by atoms with E-state index in [1.807, 2.05) is 54.6 Å². The van der Waals surface area contributed by atoms with Crippen LogP contribution in [0.5, 0.6) is 11.5 Å². The maximum Gasteiger partial charge on any atom is 0.221 e. The van der Waals surface area contributed by atoms with Crippen molar-refractivity contribution in [1.82, 2.24) is 4.90 Å². The molecule has 0 saturated heterocycles. The number of methoxy groups -OCH3 is 2. The van der Waals surface area contributed by atoms with Crippen molar-refractivity contribution in [3.8, 4) is 11.5 Å². The first-order valence-corrected chi connectivity index (χ1v) is 13.6. The van der Waals surface area contributed by atoms with E-state index in [2.05, 4.69) is 58.7 Å². The topological polar surface area (TPSA) is 63.2 Å². The van der Waals surface area contributed by atoms with Gasteiger partial charge in [0.1, 0.15) is 11.5 Å². The summed E-state index contributed by atoms with van der Waals surface area (Å²) >= 11 is 1.70. The molecule has 0 spiro atoms. The molecule has 40 heavy (non-hydrogen) atoms. The van der Waals surface area contributed by atoms with Crippen molar-refractivity contribution in [2.45, 2.75) is 25.8 Å². The predicted molar refractivity (Wildman–Crippen MR) is 171 cm³/mol. The third kappa shape index (κ3) is 9.47. The van der Waals surface area contributed by atoms with Gasteiger partial charge in [-0.3, -0.25) is 4.79 Å². The highest BCUT2D eigenvalue weighted by Gasteiger charge is 2.15. The van der Waals surface area contributed by atoms with Gasteiger partial charge in [0, 0.05) is 31.5 Å². The van der Waals surface area contributed by atoms with Crippen LogP contribution >= 0.6 is 28.7 Å². The number of halogens is 1. The van der Waals surface area contributed by atoms with Crippen LogP contribution in [0.2, 0.25) is 0 Å². The number of benzene rings is 4. The number of anilines is 1. The van der Waals surface area contributed by atoms with Crippen LogP contribution in [0.4, 0.5) is 11.4 Å². The van der Waals surface area contributed by atoms with E-state index in [1.165, 1.54) is 12.5 Å². The molecule has 208 valence electrons. The fourth-order valence-electron chi connectivity index (χ4n) is 3.94. The number of nitrogens with one attached hydrogen (secondary N) is 1. The second kappa shape index (κ2) is 15.7. The summed E-state index contributed by atoms with van der Waals surface area (Å²) in [4.78, 5) is 18.8. The number of thioether (sulfide) groups is 1. The van der Waals surface area contributed by atoms with Crippen LogP contribution < -0.4 is 14.8 Å². The lowest BCUT2D eigenvalue weighted by Gasteiger charge is -2.26. The second-order valence-corrected chi connectivity index (χ2v) is 9.89. The predicted octanol–water partition coefficient (Wildman–Crippen LogP) is 7.86. The number of carbonyl (C=O) groups excluding carboxylic acids is 1. The Kier molecular flexibility index (Phi) is 12.1. The number of hydrogen-bond donors (Lipinski definition) is 1. The van der Waals surface area contributed by atoms with Gasteiger partial charge < -0.3 is 19.7 Å². The van der Waals surface area contributed by atoms with Gasteiger partial charge in [-0.05, 0) is 65.2 Å². The summed E-state index contributed by atoms with van der Waals surface area (Å²) in [6, 6.07) is 34.3. The Morgan fingerprint density at radius 1 is 0.750 bits per heavy atom. The molecule has 0 radical (unpaired) electrons. The number of hydrogen-bond acceptors (Lipinski definition) is 5. The zero-order chi connectivity index (χ0) is 27.5. The van der Waals surface area contributed by atoms with Crippen molar-refractivity contribution in [3.05, 3.63) is 120 Å². The maximum absolute atomic E-state index is 11.4. The van der Waals surface area contributed by atoms with Gasteiger partial charge >= 0.3 is 0 Å². The summed E-state index contributed by atoms with van der Waals surface area (Å²) in [5, 5.41) is 3.72. The maximum atomic E-state index is 11.4. The van der Waals surface area contributed by atoms with Gasteiger partial charge in [-0.2, -0.15) is 0 Å². The fraction of sp³-hybridized carbons (Fsp3) is 0.188. The molecule has 4 rings (SSSR count). The number of rotatable bonds is 10. The largest absolute Gasteiger partial charge is 0.497 e. The zero-order valence-electron chi connectivity index (χ0n) is 22.9. The monoisotopic (exact) mass is 619 g/mol. The normalized spacial score (nSPS) is 10.8. The quantitative estimate of drug-likeness (QED) is 0.145. The highest BCUT2D eigenvalue weighted by atomic mass is 79.9. The molecule has 0 aromatic heterocycles. The van der Waals surface area contributed by atoms with Crippen LogP contribution in [-0.2, 0) is 23.6 Å². The van der Waals surface area contributed by atoms with Crippen molar-refractivity contribution in [1.29, 1.82) is 0 Å². The van der Waals surface area contributed by atoms with Gasteiger partial charge in [0.25, 0.3) is 0 Å². The minimum Gasteiger partial charge on any atom is -0.497 e. The van der Waals surface area contributed by atoms with Gasteiger partial charge in [-0.15, -0.1) is 17.0 Å². The first-order chi connectivity index (χ1) is 19.0. The van der Waals surface area contributed by atoms with Gasteiger partial charge in [0.15, 0.2) is 5.17 Å². The van der Waals surface area contributed by atoms with Gasteiger partial charge in [-0.25, -0.2) is 4.99 Å². The number of ether oxygens (including phenoxy) is 2. The third-order valence-corrected chi connectivity index (χ3v) is 7.04. The number of nitrogens with zero attached hydrogens (tertiary/aromatic N) is 2. The van der Waals surface area contributed by atoms with Gasteiger partial charge in [0.2, 0.25) is 5.91 Å². The molecule has 4 aromatic rings. The molecule has 0 aliphatic carbocycles. The highest BCUT2D eigenvalue weighted by Crippen LogP contribution is 2.26. The summed E-state index contributed by atoms with van der Waals surface area (Å²) < 4.78 is 10.7. The molecular formula is C32H34BrN3O3S. The van der Waals surface area contributed by atoms with Gasteiger partial charge in [-0.1, -0.05) is 66.4 Å². The van der Waals surface area contributed by atoms with E-state index >= 15 is 0 Å².